The van der Waals surface area contributed by atoms with E-state index in [0.29, 0.717) is 6.61 Å². The Kier molecular flexibility index (Phi) is 6.84. The van der Waals surface area contributed by atoms with Gasteiger partial charge in [0.25, 0.3) is 11.6 Å². The fourth-order valence-electron chi connectivity index (χ4n) is 2.26. The number of hydrogen-bond acceptors (Lipinski definition) is 7. The van der Waals surface area contributed by atoms with Crippen LogP contribution in [0.2, 0.25) is 0 Å². The third kappa shape index (κ3) is 5.51. The van der Waals surface area contributed by atoms with E-state index in [4.69, 9.17) is 14.2 Å². The second-order valence-corrected chi connectivity index (χ2v) is 5.40. The Balaban J connectivity index is 2.00. The van der Waals surface area contributed by atoms with Crippen molar-refractivity contribution in [3.8, 4) is 5.75 Å². The monoisotopic (exact) mass is 374 g/mol. The van der Waals surface area contributed by atoms with Crippen molar-refractivity contribution in [2.75, 3.05) is 26.1 Å². The fourth-order valence-corrected chi connectivity index (χ4v) is 2.26. The van der Waals surface area contributed by atoms with Gasteiger partial charge in [-0.2, -0.15) is 0 Å². The molecule has 0 aliphatic rings. The number of anilines is 1. The number of nitrogens with one attached hydrogen (secondary N) is 1. The largest absolute Gasteiger partial charge is 0.495 e. The van der Waals surface area contributed by atoms with Crippen LogP contribution in [0.3, 0.4) is 0 Å². The summed E-state index contributed by atoms with van der Waals surface area (Å²) in [6.45, 7) is -0.215. The van der Waals surface area contributed by atoms with E-state index in [0.717, 1.165) is 11.6 Å². The number of rotatable bonds is 8. The minimum Gasteiger partial charge on any atom is -0.495 e. The van der Waals surface area contributed by atoms with E-state index in [2.05, 4.69) is 5.32 Å². The van der Waals surface area contributed by atoms with Crippen molar-refractivity contribution in [2.24, 2.45) is 0 Å². The van der Waals surface area contributed by atoms with Gasteiger partial charge < -0.3 is 19.5 Å². The van der Waals surface area contributed by atoms with Crippen molar-refractivity contribution in [3.05, 3.63) is 63.7 Å². The van der Waals surface area contributed by atoms with Crippen LogP contribution < -0.4 is 10.1 Å². The zero-order valence-corrected chi connectivity index (χ0v) is 14.8. The zero-order valence-electron chi connectivity index (χ0n) is 14.8. The predicted molar refractivity (Wildman–Crippen MR) is 95.7 cm³/mol. The summed E-state index contributed by atoms with van der Waals surface area (Å²) in [7, 11) is 2.90. The number of carbonyl (C=O) groups is 2. The molecule has 142 valence electrons. The molecule has 9 heteroatoms. The summed E-state index contributed by atoms with van der Waals surface area (Å²) in [4.78, 5) is 34.4. The first-order valence-corrected chi connectivity index (χ1v) is 7.82. The summed E-state index contributed by atoms with van der Waals surface area (Å²) >= 11 is 0. The molecule has 0 aromatic heterocycles. The van der Waals surface area contributed by atoms with Crippen LogP contribution in [0.15, 0.2) is 42.5 Å². The lowest BCUT2D eigenvalue weighted by atomic mass is 10.1. The van der Waals surface area contributed by atoms with Gasteiger partial charge in [0, 0.05) is 19.2 Å². The number of esters is 1. The molecule has 1 amide bonds. The molecule has 0 unspecified atom stereocenters. The Morgan fingerprint density at radius 1 is 1.15 bits per heavy atom. The summed E-state index contributed by atoms with van der Waals surface area (Å²) in [6.07, 6.45) is 0. The number of hydrogen-bond donors (Lipinski definition) is 1. The molecule has 0 aliphatic heterocycles. The minimum absolute atomic E-state index is 0.106. The first-order valence-electron chi connectivity index (χ1n) is 7.82. The number of nitro groups is 1. The van der Waals surface area contributed by atoms with Gasteiger partial charge in [0.15, 0.2) is 6.61 Å². The topological polar surface area (TPSA) is 117 Å². The highest BCUT2D eigenvalue weighted by Crippen LogP contribution is 2.28. The highest BCUT2D eigenvalue weighted by atomic mass is 16.6. The quantitative estimate of drug-likeness (QED) is 0.429. The average molecular weight is 374 g/mol. The van der Waals surface area contributed by atoms with Crippen molar-refractivity contribution in [1.82, 2.24) is 0 Å². The zero-order chi connectivity index (χ0) is 19.8. The summed E-state index contributed by atoms with van der Waals surface area (Å²) in [5.74, 6) is -1.09. The summed E-state index contributed by atoms with van der Waals surface area (Å²) in [5.41, 5.74) is 0.968. The molecule has 0 aliphatic carbocycles. The maximum atomic E-state index is 12.1. The van der Waals surface area contributed by atoms with Crippen LogP contribution >= 0.6 is 0 Å². The van der Waals surface area contributed by atoms with E-state index in [1.54, 1.807) is 24.3 Å². The van der Waals surface area contributed by atoms with E-state index in [-0.39, 0.29) is 22.7 Å². The molecule has 0 atom stereocenters. The van der Waals surface area contributed by atoms with E-state index < -0.39 is 23.4 Å². The number of benzene rings is 2. The SMILES string of the molecule is COCc1cccc(C(=O)OCC(=O)Nc2cc([N+](=O)[O-])ccc2OC)c1. The van der Waals surface area contributed by atoms with Gasteiger partial charge in [-0.3, -0.25) is 14.9 Å². The Labute approximate surface area is 155 Å². The van der Waals surface area contributed by atoms with Crippen LogP contribution in [0, 0.1) is 10.1 Å². The van der Waals surface area contributed by atoms with E-state index >= 15 is 0 Å². The molecule has 0 saturated carbocycles. The Morgan fingerprint density at radius 2 is 1.93 bits per heavy atom. The first kappa shape index (κ1) is 19.9. The molecule has 0 fully saturated rings. The molecule has 27 heavy (non-hydrogen) atoms. The number of methoxy groups -OCH3 is 2. The number of nitrogens with zero attached hydrogens (tertiary/aromatic N) is 1. The van der Waals surface area contributed by atoms with Gasteiger partial charge in [0.05, 0.1) is 29.9 Å². The lowest BCUT2D eigenvalue weighted by Crippen LogP contribution is -2.21. The van der Waals surface area contributed by atoms with Crippen LogP contribution in [0.25, 0.3) is 0 Å². The number of carbonyl (C=O) groups excluding carboxylic acids is 2. The third-order valence-electron chi connectivity index (χ3n) is 3.48. The molecule has 9 nitrogen and oxygen atoms in total. The molecule has 0 bridgehead atoms. The van der Waals surface area contributed by atoms with Crippen molar-refractivity contribution in [1.29, 1.82) is 0 Å². The van der Waals surface area contributed by atoms with Crippen LogP contribution in [0.4, 0.5) is 11.4 Å². The maximum Gasteiger partial charge on any atom is 0.338 e. The highest BCUT2D eigenvalue weighted by Gasteiger charge is 2.15. The second kappa shape index (κ2) is 9.30. The molecular formula is C18H18N2O7. The molecule has 2 aromatic carbocycles. The van der Waals surface area contributed by atoms with Gasteiger partial charge in [-0.1, -0.05) is 12.1 Å². The Bertz CT molecular complexity index is 851. The van der Waals surface area contributed by atoms with Crippen molar-refractivity contribution < 1.29 is 28.7 Å². The van der Waals surface area contributed by atoms with Gasteiger partial charge >= 0.3 is 5.97 Å². The highest BCUT2D eigenvalue weighted by molar-refractivity contribution is 5.96. The molecule has 0 saturated heterocycles. The Hall–Kier alpha value is -3.46. The summed E-state index contributed by atoms with van der Waals surface area (Å²) in [5, 5.41) is 13.3. The van der Waals surface area contributed by atoms with E-state index in [1.807, 2.05) is 0 Å². The van der Waals surface area contributed by atoms with Crippen molar-refractivity contribution >= 4 is 23.3 Å². The minimum atomic E-state index is -0.672. The second-order valence-electron chi connectivity index (χ2n) is 5.40. The first-order chi connectivity index (χ1) is 12.9. The van der Waals surface area contributed by atoms with Gasteiger partial charge in [-0.15, -0.1) is 0 Å². The van der Waals surface area contributed by atoms with Crippen LogP contribution in [-0.4, -0.2) is 37.6 Å². The standard InChI is InChI=1S/C18H18N2O7/c1-25-10-12-4-3-5-13(8-12)18(22)27-11-17(21)19-15-9-14(20(23)24)6-7-16(15)26-2/h3-9H,10-11H2,1-2H3,(H,19,21). The number of ether oxygens (including phenoxy) is 3. The number of non-ortho nitro benzene ring substituents is 1. The predicted octanol–water partition coefficient (Wildman–Crippen LogP) is 2.55. The smallest absolute Gasteiger partial charge is 0.338 e. The van der Waals surface area contributed by atoms with Gasteiger partial charge in [-0.05, 0) is 23.8 Å². The number of nitro benzene ring substituents is 1. The normalized spacial score (nSPS) is 10.1. The molecule has 2 aromatic rings. The van der Waals surface area contributed by atoms with Crippen LogP contribution in [-0.2, 0) is 20.9 Å². The van der Waals surface area contributed by atoms with E-state index in [9.17, 15) is 19.7 Å². The third-order valence-corrected chi connectivity index (χ3v) is 3.48. The molecule has 1 N–H and O–H groups in total. The lowest BCUT2D eigenvalue weighted by molar-refractivity contribution is -0.384. The molecule has 0 heterocycles. The average Bonchev–Trinajstić information content (AvgIpc) is 2.66. The molecular weight excluding hydrogens is 356 g/mol. The van der Waals surface area contributed by atoms with Crippen molar-refractivity contribution in [2.45, 2.75) is 6.61 Å². The van der Waals surface area contributed by atoms with Crippen molar-refractivity contribution in [3.63, 3.8) is 0 Å². The lowest BCUT2D eigenvalue weighted by Gasteiger charge is -2.10. The molecule has 0 radical (unpaired) electrons. The maximum absolute atomic E-state index is 12.1. The van der Waals surface area contributed by atoms with Gasteiger partial charge in [-0.25, -0.2) is 4.79 Å². The summed E-state index contributed by atoms with van der Waals surface area (Å²) in [6, 6.07) is 10.4. The fraction of sp³-hybridized carbons (Fsp3) is 0.222. The number of amides is 1. The molecule has 2 rings (SSSR count). The molecule has 0 spiro atoms. The summed E-state index contributed by atoms with van der Waals surface area (Å²) < 4.78 is 15.0. The van der Waals surface area contributed by atoms with Crippen LogP contribution in [0.5, 0.6) is 5.75 Å². The van der Waals surface area contributed by atoms with Crippen LogP contribution in [0.1, 0.15) is 15.9 Å². The Morgan fingerprint density at radius 3 is 2.59 bits per heavy atom. The van der Waals surface area contributed by atoms with Gasteiger partial charge in [0.1, 0.15) is 5.75 Å². The van der Waals surface area contributed by atoms with Gasteiger partial charge in [0.2, 0.25) is 0 Å². The van der Waals surface area contributed by atoms with E-state index in [1.165, 1.54) is 26.4 Å².